The highest BCUT2D eigenvalue weighted by Gasteiger charge is 2.54. The number of carboxylic acid groups (broad SMARTS) is 1. The molecule has 1 aromatic carbocycles. The molecule has 2 aliphatic heterocycles. The molecule has 2 amide bonds. The van der Waals surface area contributed by atoms with Crippen LogP contribution in [0.5, 0.6) is 11.5 Å². The number of carbonyl (C=O) groups is 3. The Labute approximate surface area is 221 Å². The van der Waals surface area contributed by atoms with E-state index >= 15 is 0 Å². The number of thiazole rings is 1. The second-order valence-corrected chi connectivity index (χ2v) is 10.2. The van der Waals surface area contributed by atoms with Crippen molar-refractivity contribution < 1.29 is 34.9 Å². The number of nitrogens with one attached hydrogen (secondary N) is 1. The van der Waals surface area contributed by atoms with Crippen molar-refractivity contribution in [1.82, 2.24) is 24.8 Å². The molecule has 0 saturated carbocycles. The van der Waals surface area contributed by atoms with Crippen LogP contribution in [0.1, 0.15) is 5.69 Å². The molecule has 16 heteroatoms. The first-order chi connectivity index (χ1) is 18.2. The van der Waals surface area contributed by atoms with Crippen molar-refractivity contribution in [2.75, 3.05) is 11.5 Å². The Kier molecular flexibility index (Phi) is 6.41. The lowest BCUT2D eigenvalue weighted by atomic mass is 10.0. The molecular weight excluding hydrogens is 538 g/mol. The van der Waals surface area contributed by atoms with Gasteiger partial charge in [0.15, 0.2) is 22.3 Å². The third-order valence-electron chi connectivity index (χ3n) is 5.91. The van der Waals surface area contributed by atoms with Crippen LogP contribution in [-0.2, 0) is 20.9 Å². The van der Waals surface area contributed by atoms with Crippen molar-refractivity contribution in [3.63, 3.8) is 0 Å². The molecule has 2 aliphatic rings. The number of thioether (sulfide) groups is 1. The average Bonchev–Trinajstić information content (AvgIpc) is 3.48. The number of carbonyl (C=O) groups excluding carboxylic acids is 2. The van der Waals surface area contributed by atoms with Crippen molar-refractivity contribution in [1.29, 1.82) is 0 Å². The van der Waals surface area contributed by atoms with Crippen LogP contribution in [-0.4, -0.2) is 80.6 Å². The van der Waals surface area contributed by atoms with Crippen LogP contribution >= 0.6 is 23.1 Å². The normalized spacial score (nSPS) is 19.6. The van der Waals surface area contributed by atoms with Gasteiger partial charge in [-0.05, 0) is 5.57 Å². The zero-order valence-electron chi connectivity index (χ0n) is 19.2. The summed E-state index contributed by atoms with van der Waals surface area (Å²) in [6.45, 7) is 0.280. The monoisotopic (exact) mass is 557 g/mol. The molecule has 0 aliphatic carbocycles. The zero-order chi connectivity index (χ0) is 27.1. The molecule has 4 heterocycles. The van der Waals surface area contributed by atoms with Gasteiger partial charge in [0.25, 0.3) is 11.8 Å². The summed E-state index contributed by atoms with van der Waals surface area (Å²) in [7, 11) is 0. The third-order valence-corrected chi connectivity index (χ3v) is 7.88. The number of phenols is 2. The Morgan fingerprint density at radius 2 is 2.05 bits per heavy atom. The number of allylic oxidation sites excluding steroid dienone is 2. The van der Waals surface area contributed by atoms with Gasteiger partial charge >= 0.3 is 5.97 Å². The highest BCUT2D eigenvalue weighted by molar-refractivity contribution is 8.00. The van der Waals surface area contributed by atoms with E-state index < -0.39 is 34.9 Å². The summed E-state index contributed by atoms with van der Waals surface area (Å²) in [5.74, 6) is -3.09. The molecule has 2 atom stereocenters. The number of rotatable bonds is 7. The summed E-state index contributed by atoms with van der Waals surface area (Å²) in [4.78, 5) is 46.8. The Bertz CT molecular complexity index is 1570. The number of hydrogen-bond donors (Lipinski definition) is 6. The van der Waals surface area contributed by atoms with Gasteiger partial charge in [0, 0.05) is 29.8 Å². The molecule has 1 unspecified atom stereocenters. The van der Waals surface area contributed by atoms with E-state index in [0.717, 1.165) is 16.2 Å². The van der Waals surface area contributed by atoms with Gasteiger partial charge in [-0.3, -0.25) is 14.5 Å². The molecule has 196 valence electrons. The molecule has 14 nitrogen and oxygen atoms in total. The third kappa shape index (κ3) is 4.28. The maximum Gasteiger partial charge on any atom is 0.352 e. The van der Waals surface area contributed by atoms with Crippen LogP contribution < -0.4 is 11.1 Å². The Balaban J connectivity index is 1.32. The fourth-order valence-electron chi connectivity index (χ4n) is 4.13. The summed E-state index contributed by atoms with van der Waals surface area (Å²) in [6, 6.07) is 1.68. The largest absolute Gasteiger partial charge is 0.504 e. The van der Waals surface area contributed by atoms with Gasteiger partial charge in [-0.25, -0.2) is 14.8 Å². The van der Waals surface area contributed by atoms with Crippen LogP contribution in [0.2, 0.25) is 0 Å². The van der Waals surface area contributed by atoms with Crippen LogP contribution in [0, 0.1) is 0 Å². The Morgan fingerprint density at radius 3 is 2.74 bits per heavy atom. The number of anilines is 1. The standard InChI is InChI=1S/C22H19N7O7S2/c23-22-25-11(7-38-22)15(27-36)18(32)26-16-19(33)29-17(21(34)35)9(6-37-20(16)29)2-1-3-28-8-24-10-4-13(30)14(31)5-12(10)28/h1-2,4-5,7-8,16,20,30-31,36H,3,6H2,(H2,23,25)(H,26,32)(H,34,35)/b2-1+,27-15+/t16?,20-/m1/s1. The number of aromatic nitrogens is 3. The van der Waals surface area contributed by atoms with E-state index in [9.17, 15) is 34.9 Å². The molecule has 38 heavy (non-hydrogen) atoms. The molecule has 2 aromatic heterocycles. The number of phenolic OH excluding ortho intramolecular Hbond substituents is 2. The minimum Gasteiger partial charge on any atom is -0.504 e. The number of benzene rings is 1. The number of nitrogens with zero attached hydrogens (tertiary/aromatic N) is 5. The minimum absolute atomic E-state index is 0.0451. The first-order valence-corrected chi connectivity index (χ1v) is 12.8. The van der Waals surface area contributed by atoms with Crippen LogP contribution in [0.3, 0.4) is 0 Å². The fraction of sp³-hybridized carbons (Fsp3) is 0.182. The van der Waals surface area contributed by atoms with Crippen molar-refractivity contribution in [2.45, 2.75) is 18.0 Å². The highest BCUT2D eigenvalue weighted by atomic mass is 32.2. The predicted octanol–water partition coefficient (Wildman–Crippen LogP) is 0.660. The molecule has 1 saturated heterocycles. The van der Waals surface area contributed by atoms with Crippen molar-refractivity contribution >= 4 is 62.8 Å². The molecule has 1 fully saturated rings. The smallest absolute Gasteiger partial charge is 0.352 e. The molecular formula is C22H19N7O7S2. The minimum atomic E-state index is -1.29. The summed E-state index contributed by atoms with van der Waals surface area (Å²) in [5.41, 5.74) is 6.44. The van der Waals surface area contributed by atoms with Crippen molar-refractivity contribution in [3.8, 4) is 11.5 Å². The SMILES string of the molecule is Nc1nc(/C(=N\O)C(=O)NC2C(=O)N3C(C(=O)O)=C(/C=C/Cn4cnc5cc(O)c(O)cc54)CS[C@H]23)cs1. The maximum absolute atomic E-state index is 12.9. The van der Waals surface area contributed by atoms with E-state index in [2.05, 4.69) is 20.4 Å². The number of nitrogen functional groups attached to an aromatic ring is 1. The van der Waals surface area contributed by atoms with Crippen LogP contribution in [0.4, 0.5) is 5.13 Å². The molecule has 0 spiro atoms. The number of imidazole rings is 1. The number of aliphatic carboxylic acids is 1. The summed E-state index contributed by atoms with van der Waals surface area (Å²) in [6.07, 6.45) is 4.81. The maximum atomic E-state index is 12.9. The van der Waals surface area contributed by atoms with Gasteiger partial charge in [-0.1, -0.05) is 17.3 Å². The lowest BCUT2D eigenvalue weighted by Crippen LogP contribution is -2.71. The molecule has 3 aromatic rings. The van der Waals surface area contributed by atoms with E-state index in [1.807, 2.05) is 0 Å². The van der Waals surface area contributed by atoms with E-state index in [0.29, 0.717) is 16.6 Å². The van der Waals surface area contributed by atoms with Gasteiger partial charge in [-0.2, -0.15) is 0 Å². The number of β-lactam (4-membered cyclic amide) rings is 1. The average molecular weight is 558 g/mol. The summed E-state index contributed by atoms with van der Waals surface area (Å²) in [5, 5.41) is 44.9. The Hall–Kier alpha value is -4.57. The molecule has 7 N–H and O–H groups in total. The van der Waals surface area contributed by atoms with Gasteiger partial charge in [0.2, 0.25) is 0 Å². The topological polar surface area (TPSA) is 216 Å². The van der Waals surface area contributed by atoms with Crippen molar-refractivity contribution in [3.05, 3.63) is 53.0 Å². The number of aromatic hydroxyl groups is 2. The van der Waals surface area contributed by atoms with Crippen LogP contribution in [0.25, 0.3) is 11.0 Å². The number of fused-ring (bicyclic) bond motifs is 2. The van der Waals surface area contributed by atoms with Gasteiger partial charge in [0.05, 0.1) is 17.4 Å². The lowest BCUT2D eigenvalue weighted by Gasteiger charge is -2.49. The van der Waals surface area contributed by atoms with Crippen molar-refractivity contribution in [2.24, 2.45) is 5.16 Å². The number of hydrogen-bond acceptors (Lipinski definition) is 12. The van der Waals surface area contributed by atoms with Gasteiger partial charge in [0.1, 0.15) is 22.8 Å². The quantitative estimate of drug-likeness (QED) is 0.0779. The van der Waals surface area contributed by atoms with E-state index in [1.54, 1.807) is 16.7 Å². The highest BCUT2D eigenvalue weighted by Crippen LogP contribution is 2.40. The number of oxime groups is 1. The number of nitrogens with two attached hydrogens (primary N) is 1. The van der Waals surface area contributed by atoms with Gasteiger partial charge in [-0.15, -0.1) is 23.1 Å². The molecule has 0 radical (unpaired) electrons. The summed E-state index contributed by atoms with van der Waals surface area (Å²) >= 11 is 2.32. The predicted molar refractivity (Wildman–Crippen MR) is 137 cm³/mol. The van der Waals surface area contributed by atoms with E-state index in [1.165, 1.54) is 35.6 Å². The number of carboxylic acids is 1. The van der Waals surface area contributed by atoms with E-state index in [-0.39, 0.29) is 40.3 Å². The van der Waals surface area contributed by atoms with E-state index in [4.69, 9.17) is 5.73 Å². The fourth-order valence-corrected chi connectivity index (χ4v) is 5.99. The lowest BCUT2D eigenvalue weighted by molar-refractivity contribution is -0.150. The first-order valence-electron chi connectivity index (χ1n) is 10.9. The first kappa shape index (κ1) is 25.1. The molecule has 5 rings (SSSR count). The van der Waals surface area contributed by atoms with Crippen LogP contribution in [0.15, 0.2) is 52.4 Å². The second-order valence-electron chi connectivity index (χ2n) is 8.19. The Morgan fingerprint density at radius 1 is 1.29 bits per heavy atom. The summed E-state index contributed by atoms with van der Waals surface area (Å²) < 4.78 is 1.70. The zero-order valence-corrected chi connectivity index (χ0v) is 20.8. The second kappa shape index (κ2) is 9.71. The number of amides is 2. The van der Waals surface area contributed by atoms with Gasteiger partial charge < -0.3 is 36.1 Å². The molecule has 0 bridgehead atoms.